The molecule has 1 aromatic rings. The third-order valence-electron chi connectivity index (χ3n) is 3.35. The Balaban J connectivity index is 1.83. The van der Waals surface area contributed by atoms with Gasteiger partial charge in [0.05, 0.1) is 13.2 Å². The number of esters is 1. The van der Waals surface area contributed by atoms with Crippen molar-refractivity contribution in [3.63, 3.8) is 0 Å². The van der Waals surface area contributed by atoms with Crippen molar-refractivity contribution in [3.05, 3.63) is 24.3 Å². The van der Waals surface area contributed by atoms with Gasteiger partial charge in [-0.2, -0.15) is 0 Å². The second-order valence-corrected chi connectivity index (χ2v) is 5.54. The highest BCUT2D eigenvalue weighted by Crippen LogP contribution is 2.17. The van der Waals surface area contributed by atoms with E-state index in [0.717, 1.165) is 18.8 Å². The molecule has 1 aliphatic heterocycles. The van der Waals surface area contributed by atoms with Crippen LogP contribution in [0.1, 0.15) is 20.8 Å². The summed E-state index contributed by atoms with van der Waals surface area (Å²) in [6, 6.07) is 7.92. The van der Waals surface area contributed by atoms with Crippen molar-refractivity contribution in [3.8, 4) is 11.5 Å². The molecule has 21 heavy (non-hydrogen) atoms. The average Bonchev–Trinajstić information content (AvgIpc) is 2.40. The first-order valence-corrected chi connectivity index (χ1v) is 7.48. The summed E-state index contributed by atoms with van der Waals surface area (Å²) in [5, 5.41) is 3.44. The van der Waals surface area contributed by atoms with Crippen LogP contribution in [0.2, 0.25) is 0 Å². The number of carbonyl (C=O) groups is 1. The van der Waals surface area contributed by atoms with Crippen LogP contribution in [-0.2, 0) is 4.79 Å². The summed E-state index contributed by atoms with van der Waals surface area (Å²) < 4.78 is 10.7. The van der Waals surface area contributed by atoms with E-state index in [0.29, 0.717) is 31.0 Å². The molecule has 0 radical (unpaired) electrons. The van der Waals surface area contributed by atoms with Crippen LogP contribution in [0.15, 0.2) is 24.3 Å². The number of rotatable bonds is 5. The topological polar surface area (TPSA) is 50.8 Å². The fraction of sp³-hybridized carbons (Fsp3) is 0.562. The van der Waals surface area contributed by atoms with Crippen LogP contribution in [0.4, 0.5) is 0 Å². The van der Waals surface area contributed by atoms with Crippen LogP contribution in [0.25, 0.3) is 0 Å². The minimum absolute atomic E-state index is 0.222. The zero-order valence-corrected chi connectivity index (χ0v) is 13.0. The summed E-state index contributed by atoms with van der Waals surface area (Å²) in [7, 11) is 0. The van der Waals surface area contributed by atoms with Crippen molar-refractivity contribution >= 4 is 5.97 Å². The van der Waals surface area contributed by atoms with E-state index in [-0.39, 0.29) is 5.97 Å². The highest BCUT2D eigenvalue weighted by atomic mass is 16.5. The van der Waals surface area contributed by atoms with Gasteiger partial charge in [-0.1, -0.05) is 0 Å². The first-order chi connectivity index (χ1) is 10.1. The van der Waals surface area contributed by atoms with Crippen molar-refractivity contribution in [1.29, 1.82) is 0 Å². The van der Waals surface area contributed by atoms with Gasteiger partial charge in [-0.25, -0.2) is 0 Å². The predicted molar refractivity (Wildman–Crippen MR) is 81.7 cm³/mol. The van der Waals surface area contributed by atoms with Gasteiger partial charge in [-0.3, -0.25) is 9.69 Å². The molecule has 0 amide bonds. The number of hydrogen-bond donors (Lipinski definition) is 1. The lowest BCUT2D eigenvalue weighted by Crippen LogP contribution is -2.55. The molecule has 0 aromatic heterocycles. The molecular formula is C16H24N2O3. The average molecular weight is 292 g/mol. The Morgan fingerprint density at radius 2 is 1.76 bits per heavy atom. The molecule has 5 nitrogen and oxygen atoms in total. The van der Waals surface area contributed by atoms with Gasteiger partial charge >= 0.3 is 5.97 Å². The van der Waals surface area contributed by atoms with E-state index in [1.54, 1.807) is 24.3 Å². The summed E-state index contributed by atoms with van der Waals surface area (Å²) in [6.45, 7) is 8.86. The van der Waals surface area contributed by atoms with Gasteiger partial charge in [0.15, 0.2) is 0 Å². The van der Waals surface area contributed by atoms with Gasteiger partial charge in [0, 0.05) is 25.2 Å². The minimum Gasteiger partial charge on any atom is -0.494 e. The van der Waals surface area contributed by atoms with E-state index in [4.69, 9.17) is 9.47 Å². The molecule has 0 spiro atoms. The molecule has 5 heteroatoms. The molecule has 0 aliphatic carbocycles. The number of nitrogens with zero attached hydrogens (tertiary/aromatic N) is 1. The van der Waals surface area contributed by atoms with E-state index < -0.39 is 0 Å². The Hall–Kier alpha value is -1.59. The molecule has 1 saturated heterocycles. The number of hydrogen-bond acceptors (Lipinski definition) is 5. The third-order valence-corrected chi connectivity index (χ3v) is 3.35. The summed E-state index contributed by atoms with van der Waals surface area (Å²) in [5.74, 6) is 1.11. The second-order valence-electron chi connectivity index (χ2n) is 5.54. The summed E-state index contributed by atoms with van der Waals surface area (Å²) in [5.41, 5.74) is 0. The number of piperazine rings is 1. The molecular weight excluding hydrogens is 268 g/mol. The standard InChI is InChI=1S/C16H24N2O3/c1-4-20-14-5-7-15(8-6-14)21-16(19)11-18-9-12(2)17-13(3)10-18/h5-8,12-13,17H,4,9-11H2,1-3H3. The van der Waals surface area contributed by atoms with E-state index >= 15 is 0 Å². The quantitative estimate of drug-likeness (QED) is 0.661. The van der Waals surface area contributed by atoms with Crippen molar-refractivity contribution in [1.82, 2.24) is 10.2 Å². The molecule has 116 valence electrons. The van der Waals surface area contributed by atoms with Crippen LogP contribution in [0.5, 0.6) is 11.5 Å². The molecule has 1 N–H and O–H groups in total. The van der Waals surface area contributed by atoms with Crippen LogP contribution in [0, 0.1) is 0 Å². The van der Waals surface area contributed by atoms with Crippen LogP contribution in [-0.4, -0.2) is 49.2 Å². The van der Waals surface area contributed by atoms with Gasteiger partial charge in [-0.05, 0) is 45.0 Å². The lowest BCUT2D eigenvalue weighted by molar-refractivity contribution is -0.136. The Morgan fingerprint density at radius 3 is 2.33 bits per heavy atom. The van der Waals surface area contributed by atoms with Gasteiger partial charge in [0.25, 0.3) is 0 Å². The maximum atomic E-state index is 12.0. The number of nitrogens with one attached hydrogen (secondary N) is 1. The molecule has 1 aliphatic rings. The maximum Gasteiger partial charge on any atom is 0.325 e. The lowest BCUT2D eigenvalue weighted by atomic mass is 10.1. The lowest BCUT2D eigenvalue weighted by Gasteiger charge is -2.35. The van der Waals surface area contributed by atoms with E-state index in [9.17, 15) is 4.79 Å². The Kier molecular flexibility index (Phi) is 5.59. The molecule has 2 unspecified atom stereocenters. The fourth-order valence-corrected chi connectivity index (χ4v) is 2.69. The number of benzene rings is 1. The van der Waals surface area contributed by atoms with Crippen LogP contribution in [0.3, 0.4) is 0 Å². The Bertz CT molecular complexity index is 451. The van der Waals surface area contributed by atoms with Gasteiger partial charge in [0.1, 0.15) is 11.5 Å². The minimum atomic E-state index is -0.222. The summed E-state index contributed by atoms with van der Waals surface area (Å²) >= 11 is 0. The number of carbonyl (C=O) groups excluding carboxylic acids is 1. The van der Waals surface area contributed by atoms with Gasteiger partial charge < -0.3 is 14.8 Å². The van der Waals surface area contributed by atoms with Gasteiger partial charge in [0.2, 0.25) is 0 Å². The van der Waals surface area contributed by atoms with Crippen molar-refractivity contribution < 1.29 is 14.3 Å². The summed E-state index contributed by atoms with van der Waals surface area (Å²) in [6.07, 6.45) is 0. The molecule has 2 atom stereocenters. The Labute approximate surface area is 126 Å². The largest absolute Gasteiger partial charge is 0.494 e. The van der Waals surface area contributed by atoms with E-state index in [1.807, 2.05) is 6.92 Å². The molecule has 0 saturated carbocycles. The molecule has 1 aromatic carbocycles. The zero-order valence-electron chi connectivity index (χ0n) is 13.0. The molecule has 0 bridgehead atoms. The van der Waals surface area contributed by atoms with Gasteiger partial charge in [-0.15, -0.1) is 0 Å². The third kappa shape index (κ3) is 5.02. The highest BCUT2D eigenvalue weighted by molar-refractivity contribution is 5.74. The predicted octanol–water partition coefficient (Wildman–Crippen LogP) is 1.67. The zero-order chi connectivity index (χ0) is 15.2. The van der Waals surface area contributed by atoms with Crippen LogP contribution < -0.4 is 14.8 Å². The fourth-order valence-electron chi connectivity index (χ4n) is 2.69. The maximum absolute atomic E-state index is 12.0. The second kappa shape index (κ2) is 7.43. The smallest absolute Gasteiger partial charge is 0.325 e. The molecule has 2 rings (SSSR count). The molecule has 1 heterocycles. The molecule has 1 fully saturated rings. The Morgan fingerprint density at radius 1 is 1.19 bits per heavy atom. The van der Waals surface area contributed by atoms with E-state index in [1.165, 1.54) is 0 Å². The first-order valence-electron chi connectivity index (χ1n) is 7.48. The first kappa shape index (κ1) is 15.8. The highest BCUT2D eigenvalue weighted by Gasteiger charge is 2.23. The SMILES string of the molecule is CCOc1ccc(OC(=O)CN2CC(C)NC(C)C2)cc1. The van der Waals surface area contributed by atoms with Crippen molar-refractivity contribution in [2.24, 2.45) is 0 Å². The van der Waals surface area contributed by atoms with Crippen LogP contribution >= 0.6 is 0 Å². The van der Waals surface area contributed by atoms with E-state index in [2.05, 4.69) is 24.1 Å². The monoisotopic (exact) mass is 292 g/mol. The normalized spacial score (nSPS) is 22.8. The van der Waals surface area contributed by atoms with Crippen molar-refractivity contribution in [2.75, 3.05) is 26.2 Å². The van der Waals surface area contributed by atoms with Crippen molar-refractivity contribution in [2.45, 2.75) is 32.9 Å². The number of ether oxygens (including phenoxy) is 2. The summed E-state index contributed by atoms with van der Waals surface area (Å²) in [4.78, 5) is 14.1.